The third-order valence-corrected chi connectivity index (χ3v) is 3.68. The molecule has 0 aromatic carbocycles. The second kappa shape index (κ2) is 5.32. The van der Waals surface area contributed by atoms with Crippen LogP contribution in [0.1, 0.15) is 11.4 Å². The van der Waals surface area contributed by atoms with Crippen LogP contribution in [0.2, 0.25) is 0 Å². The number of H-pyrrole nitrogens is 1. The molecule has 0 radical (unpaired) electrons. The quantitative estimate of drug-likeness (QED) is 0.774. The Morgan fingerprint density at radius 2 is 2.33 bits per heavy atom. The van der Waals surface area contributed by atoms with Crippen LogP contribution in [0.3, 0.4) is 0 Å². The van der Waals surface area contributed by atoms with Crippen molar-refractivity contribution in [3.63, 3.8) is 0 Å². The smallest absolute Gasteiger partial charge is 0.213 e. The van der Waals surface area contributed by atoms with Crippen LogP contribution in [0.4, 0.5) is 0 Å². The molecular formula is C10H15N5O2S. The predicted octanol–water partition coefficient (Wildman–Crippen LogP) is 0.0342. The number of nitrogens with zero attached hydrogens (tertiary/aromatic N) is 3. The summed E-state index contributed by atoms with van der Waals surface area (Å²) in [6.45, 7) is 2.40. The third kappa shape index (κ3) is 3.67. The van der Waals surface area contributed by atoms with Gasteiger partial charge in [-0.3, -0.25) is 9.78 Å². The van der Waals surface area contributed by atoms with E-state index in [0.29, 0.717) is 12.2 Å². The lowest BCUT2D eigenvalue weighted by Gasteiger charge is -2.05. The van der Waals surface area contributed by atoms with Gasteiger partial charge in [0.1, 0.15) is 0 Å². The van der Waals surface area contributed by atoms with E-state index in [4.69, 9.17) is 0 Å². The maximum Gasteiger partial charge on any atom is 0.213 e. The summed E-state index contributed by atoms with van der Waals surface area (Å²) in [6.07, 6.45) is 3.35. The fourth-order valence-electron chi connectivity index (χ4n) is 1.47. The highest BCUT2D eigenvalue weighted by molar-refractivity contribution is 7.89. The molecule has 8 heteroatoms. The summed E-state index contributed by atoms with van der Waals surface area (Å²) < 4.78 is 27.5. The highest BCUT2D eigenvalue weighted by Crippen LogP contribution is 1.98. The van der Waals surface area contributed by atoms with Crippen LogP contribution in [0.5, 0.6) is 0 Å². The molecule has 2 heterocycles. The second-order valence-electron chi connectivity index (χ2n) is 3.95. The zero-order valence-corrected chi connectivity index (χ0v) is 10.8. The molecule has 0 fully saturated rings. The minimum absolute atomic E-state index is 0.00190. The van der Waals surface area contributed by atoms with Crippen molar-refractivity contribution < 1.29 is 8.42 Å². The largest absolute Gasteiger partial charge is 0.283 e. The summed E-state index contributed by atoms with van der Waals surface area (Å²) in [5, 5.41) is 10.7. The fraction of sp³-hybridized carbons (Fsp3) is 0.400. The molecule has 0 amide bonds. The summed E-state index contributed by atoms with van der Waals surface area (Å²) in [5.74, 6) is -0.00190. The fourth-order valence-corrected chi connectivity index (χ4v) is 2.41. The molecule has 2 aromatic rings. The van der Waals surface area contributed by atoms with Crippen LogP contribution in [0.15, 0.2) is 24.5 Å². The number of aryl methyl sites for hydroxylation is 2. The Balaban J connectivity index is 1.84. The van der Waals surface area contributed by atoms with E-state index in [9.17, 15) is 8.42 Å². The lowest BCUT2D eigenvalue weighted by molar-refractivity contribution is 0.566. The van der Waals surface area contributed by atoms with Gasteiger partial charge in [-0.1, -0.05) is 0 Å². The highest BCUT2D eigenvalue weighted by Gasteiger charge is 2.11. The molecule has 7 nitrogen and oxygen atoms in total. The van der Waals surface area contributed by atoms with Crippen molar-refractivity contribution in [2.75, 3.05) is 5.75 Å². The van der Waals surface area contributed by atoms with Crippen LogP contribution >= 0.6 is 0 Å². The average Bonchev–Trinajstić information content (AvgIpc) is 2.95. The van der Waals surface area contributed by atoms with E-state index in [-0.39, 0.29) is 12.3 Å². The van der Waals surface area contributed by atoms with Gasteiger partial charge in [0.2, 0.25) is 10.0 Å². The summed E-state index contributed by atoms with van der Waals surface area (Å²) in [5.41, 5.74) is 1.58. The van der Waals surface area contributed by atoms with E-state index in [2.05, 4.69) is 20.0 Å². The number of nitrogens with one attached hydrogen (secondary N) is 2. The molecule has 0 bridgehead atoms. The van der Waals surface area contributed by atoms with Gasteiger partial charge in [0.05, 0.1) is 24.5 Å². The van der Waals surface area contributed by atoms with Crippen molar-refractivity contribution in [1.82, 2.24) is 24.7 Å². The van der Waals surface area contributed by atoms with Gasteiger partial charge in [0.15, 0.2) is 0 Å². The first-order valence-electron chi connectivity index (χ1n) is 5.51. The van der Waals surface area contributed by atoms with Crippen molar-refractivity contribution in [1.29, 1.82) is 0 Å². The van der Waals surface area contributed by atoms with Gasteiger partial charge in [0.25, 0.3) is 0 Å². The van der Waals surface area contributed by atoms with Gasteiger partial charge in [0, 0.05) is 18.1 Å². The minimum Gasteiger partial charge on any atom is -0.283 e. The lowest BCUT2D eigenvalue weighted by Crippen LogP contribution is -2.28. The van der Waals surface area contributed by atoms with E-state index in [1.165, 1.54) is 0 Å². The molecule has 0 atom stereocenters. The standard InChI is InChI=1S/C10H15N5O2S/c1-9-7-10(14-13-9)8-12-18(16,17)6-5-15-4-2-3-11-15/h2-4,7,12H,5-6,8H2,1H3,(H,13,14). The van der Waals surface area contributed by atoms with Crippen LogP contribution in [-0.2, 0) is 23.1 Å². The molecule has 0 saturated heterocycles. The Kier molecular flexibility index (Phi) is 3.78. The van der Waals surface area contributed by atoms with Gasteiger partial charge in [-0.15, -0.1) is 0 Å². The van der Waals surface area contributed by atoms with E-state index in [1.807, 2.05) is 6.92 Å². The normalized spacial score (nSPS) is 11.8. The van der Waals surface area contributed by atoms with Gasteiger partial charge >= 0.3 is 0 Å². The van der Waals surface area contributed by atoms with Crippen molar-refractivity contribution >= 4 is 10.0 Å². The maximum atomic E-state index is 11.7. The Morgan fingerprint density at radius 1 is 1.50 bits per heavy atom. The average molecular weight is 269 g/mol. The molecule has 2 rings (SSSR count). The van der Waals surface area contributed by atoms with E-state index >= 15 is 0 Å². The molecular weight excluding hydrogens is 254 g/mol. The summed E-state index contributed by atoms with van der Waals surface area (Å²) in [4.78, 5) is 0. The van der Waals surface area contributed by atoms with Crippen LogP contribution < -0.4 is 4.72 Å². The van der Waals surface area contributed by atoms with Gasteiger partial charge in [-0.05, 0) is 19.1 Å². The number of hydrogen-bond acceptors (Lipinski definition) is 4. The number of aromatic amines is 1. The molecule has 0 saturated carbocycles. The minimum atomic E-state index is -3.31. The van der Waals surface area contributed by atoms with Gasteiger partial charge in [-0.25, -0.2) is 13.1 Å². The monoisotopic (exact) mass is 269 g/mol. The predicted molar refractivity (Wildman–Crippen MR) is 66.2 cm³/mol. The Morgan fingerprint density at radius 3 is 2.94 bits per heavy atom. The number of rotatable bonds is 6. The maximum absolute atomic E-state index is 11.7. The summed E-state index contributed by atoms with van der Waals surface area (Å²) in [6, 6.07) is 3.56. The molecule has 2 aromatic heterocycles. The first kappa shape index (κ1) is 12.8. The summed E-state index contributed by atoms with van der Waals surface area (Å²) in [7, 11) is -3.31. The van der Waals surface area contributed by atoms with Crippen LogP contribution in [-0.4, -0.2) is 34.1 Å². The molecule has 0 aliphatic rings. The molecule has 0 spiro atoms. The highest BCUT2D eigenvalue weighted by atomic mass is 32.2. The second-order valence-corrected chi connectivity index (χ2v) is 5.88. The van der Waals surface area contributed by atoms with Crippen LogP contribution in [0.25, 0.3) is 0 Å². The molecule has 0 aliphatic heterocycles. The van der Waals surface area contributed by atoms with E-state index < -0.39 is 10.0 Å². The Hall–Kier alpha value is -1.67. The number of hydrogen-bond donors (Lipinski definition) is 2. The van der Waals surface area contributed by atoms with Crippen molar-refractivity contribution in [2.24, 2.45) is 0 Å². The zero-order chi connectivity index (χ0) is 13.0. The molecule has 0 unspecified atom stereocenters. The zero-order valence-electron chi connectivity index (χ0n) is 10.00. The number of sulfonamides is 1. The number of aromatic nitrogens is 4. The SMILES string of the molecule is Cc1cc(CNS(=O)(=O)CCn2cccn2)n[nH]1. The topological polar surface area (TPSA) is 92.7 Å². The third-order valence-electron chi connectivity index (χ3n) is 2.38. The first-order chi connectivity index (χ1) is 8.55. The Bertz CT molecular complexity index is 588. The van der Waals surface area contributed by atoms with Gasteiger partial charge in [-0.2, -0.15) is 10.2 Å². The lowest BCUT2D eigenvalue weighted by atomic mass is 10.4. The Labute approximate surface area is 105 Å². The van der Waals surface area contributed by atoms with Crippen molar-refractivity contribution in [3.8, 4) is 0 Å². The van der Waals surface area contributed by atoms with E-state index in [0.717, 1.165) is 5.69 Å². The molecule has 98 valence electrons. The van der Waals surface area contributed by atoms with Crippen molar-refractivity contribution in [3.05, 3.63) is 35.9 Å². The van der Waals surface area contributed by atoms with Gasteiger partial charge < -0.3 is 0 Å². The first-order valence-corrected chi connectivity index (χ1v) is 7.16. The molecule has 18 heavy (non-hydrogen) atoms. The molecule has 0 aliphatic carbocycles. The van der Waals surface area contributed by atoms with Crippen LogP contribution in [0, 0.1) is 6.92 Å². The van der Waals surface area contributed by atoms with E-state index in [1.54, 1.807) is 29.2 Å². The summed E-state index contributed by atoms with van der Waals surface area (Å²) >= 11 is 0. The van der Waals surface area contributed by atoms with Crippen molar-refractivity contribution in [2.45, 2.75) is 20.0 Å². The molecule has 2 N–H and O–H groups in total.